The van der Waals surface area contributed by atoms with E-state index >= 15 is 0 Å². The number of aryl methyl sites for hydroxylation is 1. The molecule has 0 aromatic carbocycles. The van der Waals surface area contributed by atoms with Gasteiger partial charge in [-0.2, -0.15) is 0 Å². The first-order valence-electron chi connectivity index (χ1n) is 8.77. The number of aromatic nitrogens is 2. The van der Waals surface area contributed by atoms with Crippen LogP contribution in [-0.4, -0.2) is 58.4 Å². The zero-order chi connectivity index (χ0) is 15.4. The number of nitrogens with zero attached hydrogens (tertiary/aromatic N) is 3. The molecule has 2 aliphatic heterocycles. The molecule has 0 bridgehead atoms. The molecule has 1 N–H and O–H groups in total. The van der Waals surface area contributed by atoms with Crippen LogP contribution in [0.3, 0.4) is 0 Å². The lowest BCUT2D eigenvalue weighted by Gasteiger charge is -2.33. The number of hydrogen-bond acceptors (Lipinski definition) is 3. The second kappa shape index (κ2) is 7.27. The van der Waals surface area contributed by atoms with Crippen molar-refractivity contribution in [1.82, 2.24) is 19.8 Å². The van der Waals surface area contributed by atoms with Crippen LogP contribution in [0.1, 0.15) is 44.1 Å². The van der Waals surface area contributed by atoms with E-state index in [0.717, 1.165) is 49.8 Å². The van der Waals surface area contributed by atoms with Crippen molar-refractivity contribution in [3.63, 3.8) is 0 Å². The van der Waals surface area contributed by atoms with Crippen LogP contribution in [0, 0.1) is 5.92 Å². The zero-order valence-corrected chi connectivity index (χ0v) is 13.7. The van der Waals surface area contributed by atoms with E-state index in [-0.39, 0.29) is 5.91 Å². The molecular formula is C17H28N4O. The predicted molar refractivity (Wildman–Crippen MR) is 86.6 cm³/mol. The number of likely N-dealkylation sites (tertiary alicyclic amines) is 2. The van der Waals surface area contributed by atoms with E-state index in [0.29, 0.717) is 6.42 Å². The van der Waals surface area contributed by atoms with Gasteiger partial charge in [0.2, 0.25) is 5.91 Å². The monoisotopic (exact) mass is 304 g/mol. The molecule has 3 rings (SSSR count). The van der Waals surface area contributed by atoms with Gasteiger partial charge in [0.15, 0.2) is 0 Å². The van der Waals surface area contributed by atoms with Gasteiger partial charge in [0, 0.05) is 31.5 Å². The van der Waals surface area contributed by atoms with Gasteiger partial charge in [0.25, 0.3) is 0 Å². The van der Waals surface area contributed by atoms with Gasteiger partial charge in [-0.25, -0.2) is 4.98 Å². The minimum atomic E-state index is 0.219. The van der Waals surface area contributed by atoms with Gasteiger partial charge in [-0.1, -0.05) is 6.92 Å². The van der Waals surface area contributed by atoms with Gasteiger partial charge in [-0.15, -0.1) is 0 Å². The molecule has 1 aromatic heterocycles. The average Bonchev–Trinajstić information content (AvgIpc) is 3.19. The number of H-pyrrole nitrogens is 1. The van der Waals surface area contributed by atoms with Gasteiger partial charge in [0.05, 0.1) is 6.42 Å². The average molecular weight is 304 g/mol. The lowest BCUT2D eigenvalue weighted by molar-refractivity contribution is -0.132. The number of aromatic amines is 1. The Kier molecular flexibility index (Phi) is 5.13. The first-order valence-corrected chi connectivity index (χ1v) is 8.77. The van der Waals surface area contributed by atoms with Crippen LogP contribution in [0.25, 0.3) is 0 Å². The molecule has 2 saturated heterocycles. The van der Waals surface area contributed by atoms with Gasteiger partial charge >= 0.3 is 0 Å². The summed E-state index contributed by atoms with van der Waals surface area (Å²) in [4.78, 5) is 24.5. The van der Waals surface area contributed by atoms with Crippen LogP contribution in [-0.2, 0) is 17.6 Å². The summed E-state index contributed by atoms with van der Waals surface area (Å²) >= 11 is 0. The lowest BCUT2D eigenvalue weighted by Crippen LogP contribution is -2.42. The fraction of sp³-hybridized carbons (Fsp3) is 0.765. The third-order valence-corrected chi connectivity index (χ3v) is 5.06. The van der Waals surface area contributed by atoms with Crippen molar-refractivity contribution in [2.24, 2.45) is 5.92 Å². The second-order valence-electron chi connectivity index (χ2n) is 6.72. The fourth-order valence-electron chi connectivity index (χ4n) is 3.63. The highest BCUT2D eigenvalue weighted by molar-refractivity contribution is 5.78. The largest absolute Gasteiger partial charge is 0.345 e. The predicted octanol–water partition coefficient (Wildman–Crippen LogP) is 1.85. The van der Waals surface area contributed by atoms with Crippen molar-refractivity contribution in [2.75, 3.05) is 32.7 Å². The molecule has 5 heteroatoms. The molecule has 0 atom stereocenters. The molecule has 5 nitrogen and oxygen atoms in total. The van der Waals surface area contributed by atoms with Gasteiger partial charge in [-0.05, 0) is 51.1 Å². The van der Waals surface area contributed by atoms with Crippen LogP contribution in [0.15, 0.2) is 6.20 Å². The van der Waals surface area contributed by atoms with Crippen molar-refractivity contribution in [3.8, 4) is 0 Å². The second-order valence-corrected chi connectivity index (χ2v) is 6.72. The van der Waals surface area contributed by atoms with Gasteiger partial charge in [-0.3, -0.25) is 4.79 Å². The molecule has 22 heavy (non-hydrogen) atoms. The molecule has 0 spiro atoms. The molecule has 3 heterocycles. The summed E-state index contributed by atoms with van der Waals surface area (Å²) in [5.41, 5.74) is 1.10. The highest BCUT2D eigenvalue weighted by Gasteiger charge is 2.25. The Bertz CT molecular complexity index is 485. The van der Waals surface area contributed by atoms with E-state index in [1.807, 2.05) is 11.1 Å². The summed E-state index contributed by atoms with van der Waals surface area (Å²) in [7, 11) is 0. The van der Waals surface area contributed by atoms with E-state index in [1.54, 1.807) is 0 Å². The Labute approximate surface area is 133 Å². The molecule has 0 saturated carbocycles. The first-order chi connectivity index (χ1) is 10.7. The summed E-state index contributed by atoms with van der Waals surface area (Å²) in [6.45, 7) is 7.70. The third-order valence-electron chi connectivity index (χ3n) is 5.06. The minimum Gasteiger partial charge on any atom is -0.345 e. The maximum Gasteiger partial charge on any atom is 0.230 e. The molecule has 1 amide bonds. The Morgan fingerprint density at radius 1 is 1.27 bits per heavy atom. The van der Waals surface area contributed by atoms with Crippen LogP contribution >= 0.6 is 0 Å². The maximum absolute atomic E-state index is 12.4. The Balaban J connectivity index is 1.43. The molecule has 2 fully saturated rings. The number of piperidine rings is 1. The quantitative estimate of drug-likeness (QED) is 0.903. The van der Waals surface area contributed by atoms with E-state index in [9.17, 15) is 4.79 Å². The van der Waals surface area contributed by atoms with E-state index in [4.69, 9.17) is 0 Å². The molecule has 2 aliphatic rings. The first kappa shape index (κ1) is 15.5. The lowest BCUT2D eigenvalue weighted by atomic mass is 9.96. The van der Waals surface area contributed by atoms with Crippen LogP contribution in [0.2, 0.25) is 0 Å². The van der Waals surface area contributed by atoms with Crippen molar-refractivity contribution in [1.29, 1.82) is 0 Å². The SMILES string of the molecule is CCc1cnc(CC(=O)N2CCC(CN3CCCC3)CC2)[nH]1. The Morgan fingerprint density at radius 2 is 2.00 bits per heavy atom. The summed E-state index contributed by atoms with van der Waals surface area (Å²) < 4.78 is 0. The molecule has 122 valence electrons. The number of rotatable bonds is 5. The zero-order valence-electron chi connectivity index (χ0n) is 13.7. The standard InChI is InChI=1S/C17H28N4O/c1-2-15-12-18-16(19-15)11-17(22)21-9-5-14(6-10-21)13-20-7-3-4-8-20/h12,14H,2-11,13H2,1H3,(H,18,19). The highest BCUT2D eigenvalue weighted by Crippen LogP contribution is 2.21. The summed E-state index contributed by atoms with van der Waals surface area (Å²) in [6, 6.07) is 0. The minimum absolute atomic E-state index is 0.219. The van der Waals surface area contributed by atoms with Crippen LogP contribution in [0.4, 0.5) is 0 Å². The van der Waals surface area contributed by atoms with Gasteiger partial charge < -0.3 is 14.8 Å². The number of imidazole rings is 1. The summed E-state index contributed by atoms with van der Waals surface area (Å²) in [6.07, 6.45) is 8.21. The van der Waals surface area contributed by atoms with E-state index in [1.165, 1.54) is 32.5 Å². The molecule has 0 aliphatic carbocycles. The van der Waals surface area contributed by atoms with E-state index in [2.05, 4.69) is 21.8 Å². The Hall–Kier alpha value is -1.36. The van der Waals surface area contributed by atoms with E-state index < -0.39 is 0 Å². The normalized spacial score (nSPS) is 20.7. The van der Waals surface area contributed by atoms with Crippen molar-refractivity contribution in [3.05, 3.63) is 17.7 Å². The smallest absolute Gasteiger partial charge is 0.230 e. The number of carbonyl (C=O) groups excluding carboxylic acids is 1. The van der Waals surface area contributed by atoms with Crippen LogP contribution in [0.5, 0.6) is 0 Å². The highest BCUT2D eigenvalue weighted by atomic mass is 16.2. The molecule has 0 radical (unpaired) electrons. The number of carbonyl (C=O) groups is 1. The van der Waals surface area contributed by atoms with Crippen molar-refractivity contribution in [2.45, 2.75) is 45.4 Å². The number of nitrogens with one attached hydrogen (secondary N) is 1. The molecular weight excluding hydrogens is 276 g/mol. The topological polar surface area (TPSA) is 52.2 Å². The fourth-order valence-corrected chi connectivity index (χ4v) is 3.63. The van der Waals surface area contributed by atoms with Crippen molar-refractivity contribution >= 4 is 5.91 Å². The number of hydrogen-bond donors (Lipinski definition) is 1. The van der Waals surface area contributed by atoms with Gasteiger partial charge in [0.1, 0.15) is 5.82 Å². The summed E-state index contributed by atoms with van der Waals surface area (Å²) in [5.74, 6) is 1.80. The molecule has 1 aromatic rings. The Morgan fingerprint density at radius 3 is 2.64 bits per heavy atom. The van der Waals surface area contributed by atoms with Crippen molar-refractivity contribution < 1.29 is 4.79 Å². The third kappa shape index (κ3) is 3.88. The maximum atomic E-state index is 12.4. The summed E-state index contributed by atoms with van der Waals surface area (Å²) in [5, 5.41) is 0. The number of amides is 1. The van der Waals surface area contributed by atoms with Crippen LogP contribution < -0.4 is 0 Å². The molecule has 0 unspecified atom stereocenters.